The van der Waals surface area contributed by atoms with Crippen LogP contribution in [0.3, 0.4) is 0 Å². The fourth-order valence-electron chi connectivity index (χ4n) is 2.37. The number of hydrogen-bond acceptors (Lipinski definition) is 4. The Labute approximate surface area is 125 Å². The predicted octanol–water partition coefficient (Wildman–Crippen LogP) is 2.40. The molecule has 0 aliphatic carbocycles. The van der Waals surface area contributed by atoms with Crippen LogP contribution in [0.15, 0.2) is 23.1 Å². The van der Waals surface area contributed by atoms with Crippen molar-refractivity contribution in [2.45, 2.75) is 42.8 Å². The fraction of sp³-hybridized carbons (Fsp3) is 0.571. The molecular weight excluding hydrogens is 292 g/mol. The van der Waals surface area contributed by atoms with Crippen molar-refractivity contribution in [3.63, 3.8) is 0 Å². The van der Waals surface area contributed by atoms with Gasteiger partial charge in [0.15, 0.2) is 0 Å². The largest absolute Gasteiger partial charge is 0.398 e. The van der Waals surface area contributed by atoms with E-state index in [2.05, 4.69) is 11.6 Å². The molecule has 0 radical (unpaired) electrons. The first-order valence-electron chi connectivity index (χ1n) is 6.88. The SMILES string of the molecule is CCc1ccc(S(=O)(=O)NCC2(C)CCCS2)cc1N. The Kier molecular flexibility index (Phi) is 4.66. The fourth-order valence-corrected chi connectivity index (χ4v) is 4.91. The Balaban J connectivity index is 2.12. The van der Waals surface area contributed by atoms with Gasteiger partial charge in [0.1, 0.15) is 0 Å². The highest BCUT2D eigenvalue weighted by atomic mass is 32.2. The van der Waals surface area contributed by atoms with E-state index in [0.29, 0.717) is 12.2 Å². The summed E-state index contributed by atoms with van der Waals surface area (Å²) in [6.45, 7) is 4.58. The summed E-state index contributed by atoms with van der Waals surface area (Å²) < 4.78 is 27.3. The number of nitrogens with one attached hydrogen (secondary N) is 1. The first-order chi connectivity index (χ1) is 9.36. The van der Waals surface area contributed by atoms with E-state index in [1.807, 2.05) is 18.7 Å². The van der Waals surface area contributed by atoms with E-state index in [1.165, 1.54) is 0 Å². The van der Waals surface area contributed by atoms with Crippen LogP contribution in [0.2, 0.25) is 0 Å². The van der Waals surface area contributed by atoms with Crippen LogP contribution in [-0.2, 0) is 16.4 Å². The maximum Gasteiger partial charge on any atom is 0.240 e. The predicted molar refractivity (Wildman–Crippen MR) is 85.5 cm³/mol. The van der Waals surface area contributed by atoms with Gasteiger partial charge in [0.2, 0.25) is 10.0 Å². The Morgan fingerprint density at radius 2 is 2.20 bits per heavy atom. The highest BCUT2D eigenvalue weighted by Gasteiger charge is 2.31. The normalized spacial score (nSPS) is 23.1. The van der Waals surface area contributed by atoms with Crippen LogP contribution >= 0.6 is 11.8 Å². The molecule has 0 amide bonds. The van der Waals surface area contributed by atoms with Crippen molar-refractivity contribution in [3.8, 4) is 0 Å². The minimum atomic E-state index is -3.48. The summed E-state index contributed by atoms with van der Waals surface area (Å²) in [6, 6.07) is 4.96. The molecule has 4 nitrogen and oxygen atoms in total. The summed E-state index contributed by atoms with van der Waals surface area (Å²) >= 11 is 1.84. The number of rotatable bonds is 5. The zero-order chi connectivity index (χ0) is 14.8. The van der Waals surface area contributed by atoms with Crippen molar-refractivity contribution in [1.82, 2.24) is 4.72 Å². The van der Waals surface area contributed by atoms with E-state index in [9.17, 15) is 8.42 Å². The van der Waals surface area contributed by atoms with Gasteiger partial charge >= 0.3 is 0 Å². The van der Waals surface area contributed by atoms with Gasteiger partial charge in [-0.3, -0.25) is 0 Å². The van der Waals surface area contributed by atoms with Crippen molar-refractivity contribution in [2.75, 3.05) is 18.0 Å². The Hall–Kier alpha value is -0.720. The van der Waals surface area contributed by atoms with Crippen molar-refractivity contribution in [1.29, 1.82) is 0 Å². The second-order valence-electron chi connectivity index (χ2n) is 5.44. The second kappa shape index (κ2) is 5.95. The smallest absolute Gasteiger partial charge is 0.240 e. The van der Waals surface area contributed by atoms with E-state index < -0.39 is 10.0 Å². The molecule has 0 saturated carbocycles. The number of thioether (sulfide) groups is 1. The summed E-state index contributed by atoms with van der Waals surface area (Å²) in [5.41, 5.74) is 7.39. The van der Waals surface area contributed by atoms with Gasteiger partial charge in [0.25, 0.3) is 0 Å². The molecule has 1 atom stereocenters. The highest BCUT2D eigenvalue weighted by Crippen LogP contribution is 2.37. The molecule has 2 rings (SSSR count). The first-order valence-corrected chi connectivity index (χ1v) is 9.35. The van der Waals surface area contributed by atoms with Gasteiger partial charge in [-0.1, -0.05) is 13.0 Å². The molecule has 0 bridgehead atoms. The van der Waals surface area contributed by atoms with E-state index in [4.69, 9.17) is 5.73 Å². The van der Waals surface area contributed by atoms with E-state index in [-0.39, 0.29) is 9.64 Å². The minimum absolute atomic E-state index is 0.0158. The van der Waals surface area contributed by atoms with Crippen LogP contribution in [0.1, 0.15) is 32.3 Å². The third-order valence-electron chi connectivity index (χ3n) is 3.75. The number of anilines is 1. The van der Waals surface area contributed by atoms with Crippen LogP contribution in [0.5, 0.6) is 0 Å². The molecule has 1 saturated heterocycles. The lowest BCUT2D eigenvalue weighted by Gasteiger charge is -2.22. The average Bonchev–Trinajstić information content (AvgIpc) is 2.84. The molecule has 1 aliphatic heterocycles. The Morgan fingerprint density at radius 3 is 2.75 bits per heavy atom. The van der Waals surface area contributed by atoms with Crippen molar-refractivity contribution in [2.24, 2.45) is 0 Å². The maximum absolute atomic E-state index is 12.3. The second-order valence-corrected chi connectivity index (χ2v) is 8.89. The monoisotopic (exact) mass is 314 g/mol. The lowest BCUT2D eigenvalue weighted by molar-refractivity contribution is 0.552. The summed E-state index contributed by atoms with van der Waals surface area (Å²) in [5.74, 6) is 1.11. The summed E-state index contributed by atoms with van der Waals surface area (Å²) in [7, 11) is -3.48. The number of aryl methyl sites for hydroxylation is 1. The van der Waals surface area contributed by atoms with E-state index in [1.54, 1.807) is 18.2 Å². The lowest BCUT2D eigenvalue weighted by atomic mass is 10.1. The molecule has 3 N–H and O–H groups in total. The lowest BCUT2D eigenvalue weighted by Crippen LogP contribution is -2.36. The quantitative estimate of drug-likeness (QED) is 0.819. The topological polar surface area (TPSA) is 72.2 Å². The van der Waals surface area contributed by atoms with E-state index >= 15 is 0 Å². The molecule has 0 aromatic heterocycles. The van der Waals surface area contributed by atoms with Gasteiger partial charge in [0.05, 0.1) is 4.90 Å². The van der Waals surface area contributed by atoms with Crippen molar-refractivity contribution >= 4 is 27.5 Å². The third-order valence-corrected chi connectivity index (χ3v) is 6.68. The molecule has 1 heterocycles. The molecule has 1 aliphatic rings. The molecule has 20 heavy (non-hydrogen) atoms. The number of benzene rings is 1. The summed E-state index contributed by atoms with van der Waals surface area (Å²) in [6.07, 6.45) is 3.01. The summed E-state index contributed by atoms with van der Waals surface area (Å²) in [5, 5.41) is 0. The average molecular weight is 314 g/mol. The number of nitrogen functional groups attached to an aromatic ring is 1. The molecule has 112 valence electrons. The van der Waals surface area contributed by atoms with E-state index in [0.717, 1.165) is 30.6 Å². The molecule has 0 spiro atoms. The van der Waals surface area contributed by atoms with Gasteiger partial charge in [0, 0.05) is 17.0 Å². The Morgan fingerprint density at radius 1 is 1.45 bits per heavy atom. The standard InChI is InChI=1S/C14H22N2O2S2/c1-3-11-5-6-12(9-13(11)15)20(17,18)16-10-14(2)7-4-8-19-14/h5-6,9,16H,3-4,7-8,10,15H2,1-2H3. The zero-order valence-electron chi connectivity index (χ0n) is 12.0. The van der Waals surface area contributed by atoms with Gasteiger partial charge in [-0.15, -0.1) is 0 Å². The number of nitrogens with two attached hydrogens (primary N) is 1. The third kappa shape index (κ3) is 3.48. The molecule has 1 aromatic carbocycles. The molecule has 6 heteroatoms. The molecule has 1 fully saturated rings. The van der Waals surface area contributed by atoms with Crippen LogP contribution in [-0.4, -0.2) is 25.5 Å². The van der Waals surface area contributed by atoms with Crippen LogP contribution in [0, 0.1) is 0 Å². The van der Waals surface area contributed by atoms with Crippen molar-refractivity contribution < 1.29 is 8.42 Å². The highest BCUT2D eigenvalue weighted by molar-refractivity contribution is 8.01. The van der Waals surface area contributed by atoms with Gasteiger partial charge < -0.3 is 5.73 Å². The minimum Gasteiger partial charge on any atom is -0.398 e. The van der Waals surface area contributed by atoms with Crippen molar-refractivity contribution in [3.05, 3.63) is 23.8 Å². The van der Waals surface area contributed by atoms with Gasteiger partial charge in [-0.25, -0.2) is 13.1 Å². The number of hydrogen-bond donors (Lipinski definition) is 2. The summed E-state index contributed by atoms with van der Waals surface area (Å²) in [4.78, 5) is 0.249. The van der Waals surface area contributed by atoms with Gasteiger partial charge in [-0.05, 0) is 49.6 Å². The molecular formula is C14H22N2O2S2. The Bertz CT molecular complexity index is 579. The molecule has 1 aromatic rings. The van der Waals surface area contributed by atoms with Gasteiger partial charge in [-0.2, -0.15) is 11.8 Å². The van der Waals surface area contributed by atoms with Crippen LogP contribution in [0.25, 0.3) is 0 Å². The molecule has 1 unspecified atom stereocenters. The zero-order valence-corrected chi connectivity index (χ0v) is 13.6. The van der Waals surface area contributed by atoms with Crippen LogP contribution < -0.4 is 10.5 Å². The van der Waals surface area contributed by atoms with Crippen LogP contribution in [0.4, 0.5) is 5.69 Å². The number of sulfonamides is 1. The first kappa shape index (κ1) is 15.7. The maximum atomic E-state index is 12.3.